The molecule has 12 heteroatoms. The molecule has 0 amide bonds. The molecule has 5 aromatic rings. The van der Waals surface area contributed by atoms with Gasteiger partial charge in [-0.25, -0.2) is 0 Å². The van der Waals surface area contributed by atoms with Gasteiger partial charge in [0, 0.05) is 0 Å². The van der Waals surface area contributed by atoms with E-state index in [9.17, 15) is 0 Å². The fourth-order valence-corrected chi connectivity index (χ4v) is 8.64. The molecular formula is C52H58O12. The molecule has 0 aliphatic carbocycles. The summed E-state index contributed by atoms with van der Waals surface area (Å²) in [6.45, 7) is 9.51. The zero-order valence-electron chi connectivity index (χ0n) is 36.9. The summed E-state index contributed by atoms with van der Waals surface area (Å²) in [4.78, 5) is 0. The van der Waals surface area contributed by atoms with Gasteiger partial charge in [0.15, 0.2) is 17.7 Å². The van der Waals surface area contributed by atoms with E-state index in [1.807, 2.05) is 173 Å². The van der Waals surface area contributed by atoms with Gasteiger partial charge in [-0.05, 0) is 74.2 Å². The van der Waals surface area contributed by atoms with Crippen molar-refractivity contribution in [3.8, 4) is 11.5 Å². The smallest absolute Gasteiger partial charge is 0.235 e. The molecule has 4 aliphatic heterocycles. The standard InChI is InChI=1S/C52H58O12/c1-49(2)59-35-51(63-49)48(45(55-30-38-19-11-6-12-20-38)43(34-58-51)54-29-37-17-9-5-10-18-37)61-42-27-25-41(26-28-42)53-33-44-46(56-31-39-21-13-7-14-22-39)47(57-32-40-23-15-8-16-24-40)52(62-44)36-60-50(3,4)64-52/h5-28,43-48H,29-36H2,1-4H3/t43-,44-,45-,46-,47+,48+,51+,52+/m1/s1. The summed E-state index contributed by atoms with van der Waals surface area (Å²) in [6.07, 6.45) is -3.63. The molecule has 9 rings (SSSR count). The van der Waals surface area contributed by atoms with Gasteiger partial charge in [-0.2, -0.15) is 0 Å². The first kappa shape index (κ1) is 44.5. The van der Waals surface area contributed by atoms with Crippen molar-refractivity contribution >= 4 is 0 Å². The Morgan fingerprint density at radius 1 is 0.469 bits per heavy atom. The Hall–Kier alpha value is -4.70. The zero-order chi connectivity index (χ0) is 44.0. The lowest BCUT2D eigenvalue weighted by Gasteiger charge is -2.46. The Morgan fingerprint density at radius 2 is 0.922 bits per heavy atom. The molecule has 4 aliphatic rings. The minimum atomic E-state index is -1.27. The van der Waals surface area contributed by atoms with Gasteiger partial charge >= 0.3 is 0 Å². The first-order valence-corrected chi connectivity index (χ1v) is 22.1. The molecule has 0 aromatic heterocycles. The van der Waals surface area contributed by atoms with E-state index < -0.39 is 59.8 Å². The van der Waals surface area contributed by atoms with Gasteiger partial charge in [0.2, 0.25) is 11.6 Å². The number of hydrogen-bond donors (Lipinski definition) is 0. The molecule has 8 atom stereocenters. The Bertz CT molecular complexity index is 2210. The van der Waals surface area contributed by atoms with Crippen LogP contribution in [-0.2, 0) is 73.8 Å². The second-order valence-corrected chi connectivity index (χ2v) is 17.6. The topological polar surface area (TPSA) is 111 Å². The van der Waals surface area contributed by atoms with Crippen molar-refractivity contribution in [3.63, 3.8) is 0 Å². The summed E-state index contributed by atoms with van der Waals surface area (Å²) < 4.78 is 78.6. The molecule has 4 heterocycles. The third-order valence-electron chi connectivity index (χ3n) is 11.8. The Labute approximate surface area is 375 Å². The third kappa shape index (κ3) is 10.5. The van der Waals surface area contributed by atoms with Crippen LogP contribution in [-0.4, -0.2) is 86.2 Å². The van der Waals surface area contributed by atoms with E-state index in [1.54, 1.807) is 0 Å². The Morgan fingerprint density at radius 3 is 1.42 bits per heavy atom. The summed E-state index contributed by atoms with van der Waals surface area (Å²) in [5.41, 5.74) is 4.10. The van der Waals surface area contributed by atoms with Crippen LogP contribution in [0.25, 0.3) is 0 Å². The molecule has 0 radical (unpaired) electrons. The summed E-state index contributed by atoms with van der Waals surface area (Å²) in [6, 6.07) is 47.5. The number of hydrogen-bond acceptors (Lipinski definition) is 12. The highest BCUT2D eigenvalue weighted by atomic mass is 16.9. The lowest BCUT2D eigenvalue weighted by Crippen LogP contribution is -2.65. The molecule has 64 heavy (non-hydrogen) atoms. The van der Waals surface area contributed by atoms with Gasteiger partial charge in [0.1, 0.15) is 61.8 Å². The number of ether oxygens (including phenoxy) is 12. The molecular weight excluding hydrogens is 817 g/mol. The minimum absolute atomic E-state index is 0.140. The molecule has 12 nitrogen and oxygen atoms in total. The van der Waals surface area contributed by atoms with Crippen molar-refractivity contribution < 1.29 is 56.8 Å². The lowest BCUT2D eigenvalue weighted by atomic mass is 9.96. The van der Waals surface area contributed by atoms with Crippen LogP contribution in [0.3, 0.4) is 0 Å². The van der Waals surface area contributed by atoms with Crippen LogP contribution in [0.1, 0.15) is 49.9 Å². The SMILES string of the molecule is CC1(C)OC[C@]2(OC[C@@H](OCc3ccccc3)[C@@H](OCc3ccccc3)[C@@H]2Oc2ccc(OC[C@H]3O[C@]4(COC(C)(C)O4)[C@@H](OCc4ccccc4)[C@@H]3OCc3ccccc3)cc2)O1. The van der Waals surface area contributed by atoms with Crippen LogP contribution in [0.4, 0.5) is 0 Å². The van der Waals surface area contributed by atoms with Crippen LogP contribution in [0.15, 0.2) is 146 Å². The van der Waals surface area contributed by atoms with Gasteiger partial charge in [-0.3, -0.25) is 0 Å². The van der Waals surface area contributed by atoms with Crippen LogP contribution in [0, 0.1) is 0 Å². The number of benzene rings is 5. The maximum absolute atomic E-state index is 6.87. The largest absolute Gasteiger partial charge is 0.491 e. The molecule has 2 spiro atoms. The van der Waals surface area contributed by atoms with E-state index in [1.165, 1.54) is 0 Å². The maximum Gasteiger partial charge on any atom is 0.235 e. The molecule has 0 N–H and O–H groups in total. The fourth-order valence-electron chi connectivity index (χ4n) is 8.64. The second-order valence-electron chi connectivity index (χ2n) is 17.6. The molecule has 5 aromatic carbocycles. The zero-order valence-corrected chi connectivity index (χ0v) is 36.9. The fraction of sp³-hybridized carbons (Fsp3) is 0.423. The van der Waals surface area contributed by atoms with Crippen molar-refractivity contribution in [3.05, 3.63) is 168 Å². The van der Waals surface area contributed by atoms with Gasteiger partial charge in [0.05, 0.1) is 33.0 Å². The highest BCUT2D eigenvalue weighted by molar-refractivity contribution is 5.32. The normalized spacial score (nSPS) is 29.3. The molecule has 0 saturated carbocycles. The Kier molecular flexibility index (Phi) is 13.5. The molecule has 0 bridgehead atoms. The van der Waals surface area contributed by atoms with Gasteiger partial charge in [-0.1, -0.05) is 121 Å². The average molecular weight is 875 g/mol. The minimum Gasteiger partial charge on any atom is -0.491 e. The van der Waals surface area contributed by atoms with Crippen molar-refractivity contribution in [2.24, 2.45) is 0 Å². The quantitative estimate of drug-likeness (QED) is 0.0893. The first-order valence-electron chi connectivity index (χ1n) is 22.1. The molecule has 4 fully saturated rings. The van der Waals surface area contributed by atoms with E-state index in [2.05, 4.69) is 0 Å². The molecule has 4 saturated heterocycles. The van der Waals surface area contributed by atoms with Crippen molar-refractivity contribution in [1.29, 1.82) is 0 Å². The van der Waals surface area contributed by atoms with Crippen LogP contribution < -0.4 is 9.47 Å². The lowest BCUT2D eigenvalue weighted by molar-refractivity contribution is -0.342. The third-order valence-corrected chi connectivity index (χ3v) is 11.8. The predicted octanol–water partition coefficient (Wildman–Crippen LogP) is 8.54. The average Bonchev–Trinajstić information content (AvgIpc) is 3.92. The van der Waals surface area contributed by atoms with Gasteiger partial charge in [-0.15, -0.1) is 0 Å². The van der Waals surface area contributed by atoms with Crippen molar-refractivity contribution in [2.45, 2.75) is 114 Å². The van der Waals surface area contributed by atoms with E-state index in [0.717, 1.165) is 22.3 Å². The Balaban J connectivity index is 0.938. The summed E-state index contributed by atoms with van der Waals surface area (Å²) >= 11 is 0. The van der Waals surface area contributed by atoms with Crippen LogP contribution >= 0.6 is 0 Å². The molecule has 338 valence electrons. The first-order chi connectivity index (χ1) is 31.1. The van der Waals surface area contributed by atoms with E-state index in [0.29, 0.717) is 37.9 Å². The monoisotopic (exact) mass is 874 g/mol. The predicted molar refractivity (Wildman–Crippen MR) is 235 cm³/mol. The van der Waals surface area contributed by atoms with E-state index >= 15 is 0 Å². The van der Waals surface area contributed by atoms with Crippen LogP contribution in [0.5, 0.6) is 11.5 Å². The highest BCUT2D eigenvalue weighted by Gasteiger charge is 2.64. The van der Waals surface area contributed by atoms with E-state index in [4.69, 9.17) is 56.8 Å². The summed E-state index contributed by atoms with van der Waals surface area (Å²) in [5.74, 6) is -3.14. The summed E-state index contributed by atoms with van der Waals surface area (Å²) in [5, 5.41) is 0. The maximum atomic E-state index is 6.87. The van der Waals surface area contributed by atoms with Gasteiger partial charge < -0.3 is 56.8 Å². The summed E-state index contributed by atoms with van der Waals surface area (Å²) in [7, 11) is 0. The second kappa shape index (κ2) is 19.4. The van der Waals surface area contributed by atoms with Crippen molar-refractivity contribution in [1.82, 2.24) is 0 Å². The van der Waals surface area contributed by atoms with Crippen LogP contribution in [0.2, 0.25) is 0 Å². The number of rotatable bonds is 17. The van der Waals surface area contributed by atoms with E-state index in [-0.39, 0.29) is 26.4 Å². The van der Waals surface area contributed by atoms with Crippen molar-refractivity contribution in [2.75, 3.05) is 26.4 Å². The highest BCUT2D eigenvalue weighted by Crippen LogP contribution is 2.46. The van der Waals surface area contributed by atoms with Gasteiger partial charge in [0.25, 0.3) is 0 Å². The molecule has 0 unspecified atom stereocenters.